The van der Waals surface area contributed by atoms with Gasteiger partial charge in [0.1, 0.15) is 0 Å². The van der Waals surface area contributed by atoms with Crippen LogP contribution in [0, 0.1) is 0 Å². The van der Waals surface area contributed by atoms with Crippen LogP contribution >= 0.6 is 0 Å². The van der Waals surface area contributed by atoms with Crippen LogP contribution in [-0.4, -0.2) is 29.2 Å². The molecule has 0 aromatic carbocycles. The van der Waals surface area contributed by atoms with Gasteiger partial charge in [-0.2, -0.15) is 0 Å². The summed E-state index contributed by atoms with van der Waals surface area (Å²) in [5.74, 6) is 0.920. The molecule has 2 N–H and O–H groups in total. The van der Waals surface area contributed by atoms with Gasteiger partial charge < -0.3 is 10.3 Å². The summed E-state index contributed by atoms with van der Waals surface area (Å²) >= 11 is 0. The van der Waals surface area contributed by atoms with Crippen molar-refractivity contribution in [1.29, 1.82) is 0 Å². The molecule has 0 saturated carbocycles. The maximum Gasteiger partial charge on any atom is 0.150 e. The van der Waals surface area contributed by atoms with E-state index in [0.29, 0.717) is 6.04 Å². The highest BCUT2D eigenvalue weighted by Gasteiger charge is 2.19. The number of likely N-dealkylation sites (tertiary alicyclic amines) is 1. The fourth-order valence-corrected chi connectivity index (χ4v) is 1.55. The molecular weight excluding hydrogens is 154 g/mol. The molecule has 1 aliphatic rings. The minimum atomic E-state index is 0.341. The average molecular weight is 167 g/mol. The first kappa shape index (κ1) is 7.76. The SMILES string of the molecule is NC1CCN(Cc2ccno2)C1. The highest BCUT2D eigenvalue weighted by molar-refractivity contribution is 4.94. The van der Waals surface area contributed by atoms with Gasteiger partial charge in [0.15, 0.2) is 5.76 Å². The zero-order chi connectivity index (χ0) is 8.39. The van der Waals surface area contributed by atoms with Gasteiger partial charge in [-0.05, 0) is 6.42 Å². The topological polar surface area (TPSA) is 55.3 Å². The van der Waals surface area contributed by atoms with E-state index in [1.807, 2.05) is 6.07 Å². The second kappa shape index (κ2) is 3.25. The molecule has 0 radical (unpaired) electrons. The predicted molar refractivity (Wildman–Crippen MR) is 44.4 cm³/mol. The van der Waals surface area contributed by atoms with E-state index in [-0.39, 0.29) is 0 Å². The van der Waals surface area contributed by atoms with Crippen molar-refractivity contribution < 1.29 is 4.52 Å². The van der Waals surface area contributed by atoms with E-state index in [1.54, 1.807) is 6.20 Å². The van der Waals surface area contributed by atoms with Crippen molar-refractivity contribution in [2.75, 3.05) is 13.1 Å². The molecule has 2 heterocycles. The van der Waals surface area contributed by atoms with E-state index >= 15 is 0 Å². The Kier molecular flexibility index (Phi) is 2.10. The molecule has 12 heavy (non-hydrogen) atoms. The lowest BCUT2D eigenvalue weighted by atomic mass is 10.3. The van der Waals surface area contributed by atoms with Crippen LogP contribution < -0.4 is 5.73 Å². The van der Waals surface area contributed by atoms with E-state index in [2.05, 4.69) is 10.1 Å². The van der Waals surface area contributed by atoms with Crippen molar-refractivity contribution >= 4 is 0 Å². The molecule has 1 aromatic rings. The fourth-order valence-electron chi connectivity index (χ4n) is 1.55. The number of rotatable bonds is 2. The fraction of sp³-hybridized carbons (Fsp3) is 0.625. The van der Waals surface area contributed by atoms with Crippen LogP contribution in [0.15, 0.2) is 16.8 Å². The van der Waals surface area contributed by atoms with Crippen LogP contribution in [0.1, 0.15) is 12.2 Å². The van der Waals surface area contributed by atoms with Gasteiger partial charge in [-0.1, -0.05) is 5.16 Å². The van der Waals surface area contributed by atoms with Crippen molar-refractivity contribution in [2.24, 2.45) is 5.73 Å². The van der Waals surface area contributed by atoms with Gasteiger partial charge in [0, 0.05) is 25.2 Å². The normalized spacial score (nSPS) is 24.9. The smallest absolute Gasteiger partial charge is 0.150 e. The minimum absolute atomic E-state index is 0.341. The Morgan fingerprint density at radius 1 is 1.75 bits per heavy atom. The number of aromatic nitrogens is 1. The van der Waals surface area contributed by atoms with Gasteiger partial charge in [0.05, 0.1) is 12.7 Å². The summed E-state index contributed by atoms with van der Waals surface area (Å²) in [6.07, 6.45) is 2.76. The average Bonchev–Trinajstić information content (AvgIpc) is 2.63. The van der Waals surface area contributed by atoms with Gasteiger partial charge in [-0.15, -0.1) is 0 Å². The first-order valence-corrected chi connectivity index (χ1v) is 4.22. The number of nitrogens with zero attached hydrogens (tertiary/aromatic N) is 2. The highest BCUT2D eigenvalue weighted by Crippen LogP contribution is 2.11. The van der Waals surface area contributed by atoms with Crippen molar-refractivity contribution in [3.05, 3.63) is 18.0 Å². The van der Waals surface area contributed by atoms with Crippen LogP contribution in [-0.2, 0) is 6.54 Å². The Morgan fingerprint density at radius 3 is 3.25 bits per heavy atom. The molecule has 0 amide bonds. The lowest BCUT2D eigenvalue weighted by molar-refractivity contribution is 0.271. The highest BCUT2D eigenvalue weighted by atomic mass is 16.5. The standard InChI is InChI=1S/C8H13N3O/c9-7-2-4-11(5-7)6-8-1-3-10-12-8/h1,3,7H,2,4-6,9H2. The molecule has 4 heteroatoms. The maximum absolute atomic E-state index is 5.77. The van der Waals surface area contributed by atoms with E-state index in [0.717, 1.165) is 31.8 Å². The summed E-state index contributed by atoms with van der Waals surface area (Å²) < 4.78 is 5.00. The van der Waals surface area contributed by atoms with Crippen LogP contribution in [0.3, 0.4) is 0 Å². The zero-order valence-corrected chi connectivity index (χ0v) is 6.94. The molecule has 1 aromatic heterocycles. The summed E-state index contributed by atoms with van der Waals surface area (Å²) in [5, 5.41) is 3.65. The molecule has 66 valence electrons. The maximum atomic E-state index is 5.77. The monoisotopic (exact) mass is 167 g/mol. The van der Waals surface area contributed by atoms with Crippen LogP contribution in [0.25, 0.3) is 0 Å². The third-order valence-electron chi connectivity index (χ3n) is 2.18. The summed E-state index contributed by atoms with van der Waals surface area (Å²) in [7, 11) is 0. The Labute approximate surface area is 71.3 Å². The molecule has 2 rings (SSSR count). The molecule has 1 atom stereocenters. The van der Waals surface area contributed by atoms with Crippen molar-refractivity contribution in [2.45, 2.75) is 19.0 Å². The largest absolute Gasteiger partial charge is 0.360 e. The second-order valence-electron chi connectivity index (χ2n) is 3.26. The van der Waals surface area contributed by atoms with Crippen molar-refractivity contribution in [3.63, 3.8) is 0 Å². The second-order valence-corrected chi connectivity index (χ2v) is 3.26. The summed E-state index contributed by atoms with van der Waals surface area (Å²) in [6, 6.07) is 2.23. The van der Waals surface area contributed by atoms with Crippen molar-refractivity contribution in [1.82, 2.24) is 10.1 Å². The molecule has 0 bridgehead atoms. The number of nitrogens with two attached hydrogens (primary N) is 1. The molecule has 1 fully saturated rings. The summed E-state index contributed by atoms with van der Waals surface area (Å²) in [5.41, 5.74) is 5.77. The van der Waals surface area contributed by atoms with Gasteiger partial charge in [-0.25, -0.2) is 0 Å². The summed E-state index contributed by atoms with van der Waals surface area (Å²) in [4.78, 5) is 2.28. The van der Waals surface area contributed by atoms with Gasteiger partial charge >= 0.3 is 0 Å². The first-order valence-electron chi connectivity index (χ1n) is 4.22. The van der Waals surface area contributed by atoms with E-state index < -0.39 is 0 Å². The first-order chi connectivity index (χ1) is 5.84. The zero-order valence-electron chi connectivity index (χ0n) is 6.94. The molecule has 1 unspecified atom stereocenters. The Morgan fingerprint density at radius 2 is 2.67 bits per heavy atom. The van der Waals surface area contributed by atoms with Gasteiger partial charge in [0.25, 0.3) is 0 Å². The molecule has 1 saturated heterocycles. The van der Waals surface area contributed by atoms with E-state index in [4.69, 9.17) is 10.3 Å². The van der Waals surface area contributed by atoms with Crippen LogP contribution in [0.4, 0.5) is 0 Å². The van der Waals surface area contributed by atoms with Gasteiger partial charge in [0.2, 0.25) is 0 Å². The van der Waals surface area contributed by atoms with E-state index in [9.17, 15) is 0 Å². The molecular formula is C8H13N3O. The van der Waals surface area contributed by atoms with Crippen LogP contribution in [0.2, 0.25) is 0 Å². The third-order valence-corrected chi connectivity index (χ3v) is 2.18. The number of hydrogen-bond donors (Lipinski definition) is 1. The lowest BCUT2D eigenvalue weighted by Gasteiger charge is -2.11. The summed E-state index contributed by atoms with van der Waals surface area (Å²) in [6.45, 7) is 2.89. The predicted octanol–water partition coefficient (Wildman–Crippen LogP) is 0.208. The lowest BCUT2D eigenvalue weighted by Crippen LogP contribution is -2.26. The molecule has 0 spiro atoms. The van der Waals surface area contributed by atoms with Crippen molar-refractivity contribution in [3.8, 4) is 0 Å². The minimum Gasteiger partial charge on any atom is -0.360 e. The van der Waals surface area contributed by atoms with Crippen LogP contribution in [0.5, 0.6) is 0 Å². The quantitative estimate of drug-likeness (QED) is 0.684. The van der Waals surface area contributed by atoms with E-state index in [1.165, 1.54) is 0 Å². The third kappa shape index (κ3) is 1.65. The Balaban J connectivity index is 1.88. The molecule has 4 nitrogen and oxygen atoms in total. The Bertz CT molecular complexity index is 234. The molecule has 0 aliphatic carbocycles. The Hall–Kier alpha value is -0.870. The number of hydrogen-bond acceptors (Lipinski definition) is 4. The van der Waals surface area contributed by atoms with Gasteiger partial charge in [-0.3, -0.25) is 4.90 Å². The molecule has 1 aliphatic heterocycles.